The van der Waals surface area contributed by atoms with Gasteiger partial charge in [0.15, 0.2) is 0 Å². The van der Waals surface area contributed by atoms with E-state index in [1.165, 1.54) is 32.1 Å². The van der Waals surface area contributed by atoms with Crippen molar-refractivity contribution in [1.82, 2.24) is 0 Å². The quantitative estimate of drug-likeness (QED) is 0.517. The zero-order valence-electron chi connectivity index (χ0n) is 14.8. The molecule has 3 aliphatic carbocycles. The average Bonchev–Trinajstić information content (AvgIpc) is 2.74. The van der Waals surface area contributed by atoms with E-state index in [0.717, 1.165) is 29.1 Å². The van der Waals surface area contributed by atoms with Crippen molar-refractivity contribution in [3.63, 3.8) is 0 Å². The predicted molar refractivity (Wildman–Crippen MR) is 87.6 cm³/mol. The summed E-state index contributed by atoms with van der Waals surface area (Å²) in [6.45, 7) is 15.0. The van der Waals surface area contributed by atoms with Crippen LogP contribution in [0.1, 0.15) is 86.5 Å². The van der Waals surface area contributed by atoms with E-state index in [-0.39, 0.29) is 0 Å². The molecule has 0 radical (unpaired) electrons. The van der Waals surface area contributed by atoms with Gasteiger partial charge >= 0.3 is 0 Å². The van der Waals surface area contributed by atoms with Gasteiger partial charge in [0.25, 0.3) is 0 Å². The van der Waals surface area contributed by atoms with Crippen molar-refractivity contribution in [3.05, 3.63) is 0 Å². The van der Waals surface area contributed by atoms with Crippen LogP contribution in [0.25, 0.3) is 0 Å². The fraction of sp³-hybridized carbons (Fsp3) is 1.00. The van der Waals surface area contributed by atoms with Crippen molar-refractivity contribution < 1.29 is 0 Å². The van der Waals surface area contributed by atoms with Gasteiger partial charge < -0.3 is 0 Å². The molecule has 0 aliphatic heterocycles. The largest absolute Gasteiger partial charge is 0.0654 e. The van der Waals surface area contributed by atoms with Crippen molar-refractivity contribution in [2.24, 2.45) is 39.9 Å². The summed E-state index contributed by atoms with van der Waals surface area (Å²) in [5, 5.41) is 0. The Hall–Kier alpha value is 0. The lowest BCUT2D eigenvalue weighted by atomic mass is 9.66. The Morgan fingerprint density at radius 3 is 2.25 bits per heavy atom. The number of rotatable bonds is 5. The SMILES string of the molecule is CCCCCCC1CC23CC1C(C(C)(C)C)C2C3(C)C. The fourth-order valence-corrected chi connectivity index (χ4v) is 6.81. The third-order valence-corrected chi connectivity index (χ3v) is 7.65. The van der Waals surface area contributed by atoms with Crippen LogP contribution in [0, 0.1) is 39.9 Å². The second-order valence-electron chi connectivity index (χ2n) is 9.93. The lowest BCUT2D eigenvalue weighted by molar-refractivity contribution is 0.0909. The molecule has 0 aromatic carbocycles. The lowest BCUT2D eigenvalue weighted by Crippen LogP contribution is -2.33. The molecule has 0 aromatic heterocycles. The summed E-state index contributed by atoms with van der Waals surface area (Å²) in [6.07, 6.45) is 10.5. The minimum absolute atomic E-state index is 0.521. The van der Waals surface area contributed by atoms with Gasteiger partial charge in [0.1, 0.15) is 0 Å². The van der Waals surface area contributed by atoms with E-state index in [1.807, 2.05) is 0 Å². The Labute approximate surface area is 127 Å². The highest BCUT2D eigenvalue weighted by molar-refractivity contribution is 5.30. The van der Waals surface area contributed by atoms with Crippen molar-refractivity contribution in [1.29, 1.82) is 0 Å². The van der Waals surface area contributed by atoms with E-state index in [9.17, 15) is 0 Å². The Balaban J connectivity index is 1.70. The predicted octanol–water partition coefficient (Wildman–Crippen LogP) is 6.30. The van der Waals surface area contributed by atoms with E-state index in [1.54, 1.807) is 12.8 Å². The second kappa shape index (κ2) is 4.50. The van der Waals surface area contributed by atoms with Crippen molar-refractivity contribution >= 4 is 0 Å². The standard InChI is InChI=1S/C20H36/c1-7-8-9-10-11-14-12-20-13-15(14)16(18(2,3)4)17(20)19(20,5)6/h14-17H,7-13H2,1-6H3. The fourth-order valence-electron chi connectivity index (χ4n) is 6.81. The Kier molecular flexibility index (Phi) is 3.35. The van der Waals surface area contributed by atoms with Crippen LogP contribution in [-0.4, -0.2) is 0 Å². The van der Waals surface area contributed by atoms with E-state index < -0.39 is 0 Å². The van der Waals surface area contributed by atoms with E-state index in [0.29, 0.717) is 10.8 Å². The first-order valence-electron chi connectivity index (χ1n) is 9.25. The van der Waals surface area contributed by atoms with Crippen molar-refractivity contribution in [3.8, 4) is 0 Å². The normalized spacial score (nSPS) is 44.7. The first kappa shape index (κ1) is 14.9. The van der Waals surface area contributed by atoms with Crippen LogP contribution in [0.15, 0.2) is 0 Å². The number of hydrogen-bond acceptors (Lipinski definition) is 0. The molecular formula is C20H36. The molecule has 0 amide bonds. The minimum atomic E-state index is 0.521. The molecule has 3 aliphatic rings. The molecule has 3 rings (SSSR count). The molecule has 3 fully saturated rings. The molecule has 0 heteroatoms. The molecule has 0 heterocycles. The van der Waals surface area contributed by atoms with Gasteiger partial charge in [-0.2, -0.15) is 0 Å². The lowest BCUT2D eigenvalue weighted by Gasteiger charge is -2.39. The van der Waals surface area contributed by atoms with Gasteiger partial charge in [0, 0.05) is 0 Å². The molecule has 0 aromatic rings. The summed E-state index contributed by atoms with van der Waals surface area (Å²) in [5.41, 5.74) is 1.94. The second-order valence-corrected chi connectivity index (χ2v) is 9.93. The molecule has 0 saturated heterocycles. The molecule has 0 nitrogen and oxygen atoms in total. The highest BCUT2D eigenvalue weighted by Gasteiger charge is 2.82. The highest BCUT2D eigenvalue weighted by Crippen LogP contribution is 2.88. The summed E-state index contributed by atoms with van der Waals surface area (Å²) < 4.78 is 0. The molecule has 2 bridgehead atoms. The first-order chi connectivity index (χ1) is 9.25. The third-order valence-electron chi connectivity index (χ3n) is 7.65. The van der Waals surface area contributed by atoms with Crippen LogP contribution >= 0.6 is 0 Å². The van der Waals surface area contributed by atoms with Gasteiger partial charge in [0.05, 0.1) is 0 Å². The molecular weight excluding hydrogens is 240 g/mol. The van der Waals surface area contributed by atoms with E-state index >= 15 is 0 Å². The van der Waals surface area contributed by atoms with E-state index in [4.69, 9.17) is 0 Å². The summed E-state index contributed by atoms with van der Waals surface area (Å²) in [6, 6.07) is 0. The molecule has 0 N–H and O–H groups in total. The zero-order chi connectivity index (χ0) is 14.8. The average molecular weight is 277 g/mol. The van der Waals surface area contributed by atoms with Gasteiger partial charge in [-0.1, -0.05) is 73.6 Å². The van der Waals surface area contributed by atoms with E-state index in [2.05, 4.69) is 41.5 Å². The van der Waals surface area contributed by atoms with Crippen molar-refractivity contribution in [2.75, 3.05) is 0 Å². The van der Waals surface area contributed by atoms with Crippen LogP contribution in [0.3, 0.4) is 0 Å². The highest BCUT2D eigenvalue weighted by atomic mass is 14.9. The number of hydrogen-bond donors (Lipinski definition) is 0. The molecule has 5 unspecified atom stereocenters. The maximum absolute atomic E-state index is 2.58. The van der Waals surface area contributed by atoms with Gasteiger partial charge in [-0.05, 0) is 52.8 Å². The van der Waals surface area contributed by atoms with Crippen LogP contribution in [-0.2, 0) is 0 Å². The Morgan fingerprint density at radius 2 is 1.70 bits per heavy atom. The van der Waals surface area contributed by atoms with Gasteiger partial charge in [-0.15, -0.1) is 0 Å². The summed E-state index contributed by atoms with van der Waals surface area (Å²) >= 11 is 0. The molecule has 116 valence electrons. The maximum atomic E-state index is 2.58. The van der Waals surface area contributed by atoms with Crippen LogP contribution in [0.2, 0.25) is 0 Å². The summed E-state index contributed by atoms with van der Waals surface area (Å²) in [5.74, 6) is 4.18. The summed E-state index contributed by atoms with van der Waals surface area (Å²) in [4.78, 5) is 0. The van der Waals surface area contributed by atoms with Crippen molar-refractivity contribution in [2.45, 2.75) is 86.5 Å². The first-order valence-corrected chi connectivity index (χ1v) is 9.25. The van der Waals surface area contributed by atoms with Gasteiger partial charge in [-0.25, -0.2) is 0 Å². The van der Waals surface area contributed by atoms with Crippen LogP contribution < -0.4 is 0 Å². The van der Waals surface area contributed by atoms with Gasteiger partial charge in [0.2, 0.25) is 0 Å². The molecule has 20 heavy (non-hydrogen) atoms. The van der Waals surface area contributed by atoms with Gasteiger partial charge in [-0.3, -0.25) is 0 Å². The molecule has 1 spiro atoms. The summed E-state index contributed by atoms with van der Waals surface area (Å²) in [7, 11) is 0. The van der Waals surface area contributed by atoms with Crippen LogP contribution in [0.5, 0.6) is 0 Å². The smallest absolute Gasteiger partial charge is 0.0201 e. The third kappa shape index (κ3) is 1.85. The number of unbranched alkanes of at least 4 members (excludes halogenated alkanes) is 3. The van der Waals surface area contributed by atoms with Crippen LogP contribution in [0.4, 0.5) is 0 Å². The zero-order valence-corrected chi connectivity index (χ0v) is 14.8. The minimum Gasteiger partial charge on any atom is -0.0654 e. The molecule has 5 atom stereocenters. The Morgan fingerprint density at radius 1 is 1.00 bits per heavy atom. The number of fused-ring (bicyclic) bond motifs is 1. The maximum Gasteiger partial charge on any atom is -0.0201 e. The topological polar surface area (TPSA) is 0 Å². The monoisotopic (exact) mass is 276 g/mol. The molecule has 3 saturated carbocycles. The Bertz CT molecular complexity index is 372.